The molecule has 2 fully saturated rings. The summed E-state index contributed by atoms with van der Waals surface area (Å²) in [6, 6.07) is 12.3. The van der Waals surface area contributed by atoms with E-state index in [1.54, 1.807) is 0 Å². The predicted molar refractivity (Wildman–Crippen MR) is 115 cm³/mol. The molecule has 156 valence electrons. The minimum Gasteiger partial charge on any atom is -0.448 e. The number of ether oxygens (including phenoxy) is 1. The number of benzene rings is 1. The number of rotatable bonds is 4. The highest BCUT2D eigenvalue weighted by atomic mass is 32.1. The second-order valence-electron chi connectivity index (χ2n) is 7.95. The molecule has 0 atom stereocenters. The average Bonchev–Trinajstić information content (AvgIpc) is 3.46. The highest BCUT2D eigenvalue weighted by Crippen LogP contribution is 2.31. The molecule has 2 aliphatic rings. The van der Waals surface area contributed by atoms with Crippen molar-refractivity contribution >= 4 is 33.6 Å². The monoisotopic (exact) mass is 424 g/mol. The number of carbonyl (C=O) groups excluding carboxylic acids is 2. The van der Waals surface area contributed by atoms with Crippen LogP contribution >= 0.6 is 11.3 Å². The quantitative estimate of drug-likeness (QED) is 0.689. The minimum absolute atomic E-state index is 0.0285. The summed E-state index contributed by atoms with van der Waals surface area (Å²) in [5, 5.41) is 8.85. The number of thiophene rings is 1. The second kappa shape index (κ2) is 7.75. The van der Waals surface area contributed by atoms with Crippen molar-refractivity contribution in [2.45, 2.75) is 44.7 Å². The highest BCUT2D eigenvalue weighted by molar-refractivity contribution is 7.20. The maximum atomic E-state index is 12.9. The van der Waals surface area contributed by atoms with Gasteiger partial charge in [-0.05, 0) is 50.8 Å². The molecule has 1 saturated heterocycles. The average molecular weight is 425 g/mol. The van der Waals surface area contributed by atoms with E-state index in [1.165, 1.54) is 11.3 Å². The number of nitrogens with one attached hydrogen (secondary N) is 1. The molecule has 3 aromatic rings. The van der Waals surface area contributed by atoms with Gasteiger partial charge in [0.15, 0.2) is 0 Å². The van der Waals surface area contributed by atoms with Crippen LogP contribution in [-0.4, -0.2) is 51.9 Å². The zero-order valence-electron chi connectivity index (χ0n) is 16.8. The van der Waals surface area contributed by atoms with Gasteiger partial charge in [-0.3, -0.25) is 4.79 Å². The van der Waals surface area contributed by atoms with E-state index in [4.69, 9.17) is 4.74 Å². The molecule has 2 aromatic heterocycles. The normalized spacial score (nSPS) is 21.8. The van der Waals surface area contributed by atoms with Crippen LogP contribution in [0.1, 0.15) is 41.0 Å². The third-order valence-electron chi connectivity index (χ3n) is 6.03. The van der Waals surface area contributed by atoms with Crippen LogP contribution in [0.15, 0.2) is 36.4 Å². The molecule has 0 unspecified atom stereocenters. The van der Waals surface area contributed by atoms with E-state index in [9.17, 15) is 9.59 Å². The van der Waals surface area contributed by atoms with Crippen molar-refractivity contribution in [2.75, 3.05) is 13.2 Å². The standard InChI is InChI=1S/C22H24N4O3S/c1-14-18-13-19(30-21(18)26(24-14)17-5-3-2-4-6-17)20(27)23-15-7-9-16(10-8-15)25-11-12-29-22(25)28/h2-6,13,15-16H,7-12H2,1H3,(H,23,27). The summed E-state index contributed by atoms with van der Waals surface area (Å²) in [4.78, 5) is 28.2. The van der Waals surface area contributed by atoms with Gasteiger partial charge in [-0.15, -0.1) is 11.3 Å². The van der Waals surface area contributed by atoms with E-state index in [0.717, 1.165) is 47.3 Å². The van der Waals surface area contributed by atoms with Gasteiger partial charge in [0.1, 0.15) is 11.4 Å². The lowest BCUT2D eigenvalue weighted by Gasteiger charge is -2.33. The Bertz CT molecular complexity index is 1080. The molecule has 1 aliphatic heterocycles. The first kappa shape index (κ1) is 19.1. The third kappa shape index (κ3) is 3.45. The number of hydrogen-bond donors (Lipinski definition) is 1. The number of nitrogens with zero attached hydrogens (tertiary/aromatic N) is 3. The number of hydrogen-bond acceptors (Lipinski definition) is 5. The number of aromatic nitrogens is 2. The lowest BCUT2D eigenvalue weighted by Crippen LogP contribution is -2.44. The van der Waals surface area contributed by atoms with Crippen LogP contribution in [0, 0.1) is 6.92 Å². The Kier molecular flexibility index (Phi) is 4.94. The molecule has 1 aromatic carbocycles. The molecule has 7 nitrogen and oxygen atoms in total. The summed E-state index contributed by atoms with van der Waals surface area (Å²) in [5.41, 5.74) is 1.91. The Morgan fingerprint density at radius 2 is 1.97 bits per heavy atom. The maximum absolute atomic E-state index is 12.9. The fourth-order valence-corrected chi connectivity index (χ4v) is 5.51. The Morgan fingerprint density at radius 1 is 1.20 bits per heavy atom. The fourth-order valence-electron chi connectivity index (χ4n) is 4.43. The van der Waals surface area contributed by atoms with Gasteiger partial charge in [0.05, 0.1) is 22.8 Å². The van der Waals surface area contributed by atoms with Gasteiger partial charge in [-0.1, -0.05) is 18.2 Å². The van der Waals surface area contributed by atoms with Crippen molar-refractivity contribution in [1.29, 1.82) is 0 Å². The van der Waals surface area contributed by atoms with E-state index < -0.39 is 0 Å². The lowest BCUT2D eigenvalue weighted by atomic mass is 9.90. The summed E-state index contributed by atoms with van der Waals surface area (Å²) < 4.78 is 6.96. The molecular weight excluding hydrogens is 400 g/mol. The summed E-state index contributed by atoms with van der Waals surface area (Å²) >= 11 is 1.48. The van der Waals surface area contributed by atoms with Gasteiger partial charge < -0.3 is 15.0 Å². The number of aryl methyl sites for hydroxylation is 1. The van der Waals surface area contributed by atoms with Crippen LogP contribution in [0.25, 0.3) is 15.9 Å². The van der Waals surface area contributed by atoms with E-state index in [2.05, 4.69) is 10.4 Å². The predicted octanol–water partition coefficient (Wildman–Crippen LogP) is 3.89. The molecule has 1 aliphatic carbocycles. The minimum atomic E-state index is -0.199. The second-order valence-corrected chi connectivity index (χ2v) is 8.98. The zero-order chi connectivity index (χ0) is 20.7. The van der Waals surface area contributed by atoms with Crippen molar-refractivity contribution in [3.05, 3.63) is 47.0 Å². The molecule has 8 heteroatoms. The van der Waals surface area contributed by atoms with Crippen LogP contribution in [0.2, 0.25) is 0 Å². The molecule has 3 heterocycles. The molecule has 1 saturated carbocycles. The van der Waals surface area contributed by atoms with E-state index in [1.807, 2.05) is 52.9 Å². The zero-order valence-corrected chi connectivity index (χ0v) is 17.7. The van der Waals surface area contributed by atoms with Crippen LogP contribution < -0.4 is 5.32 Å². The van der Waals surface area contributed by atoms with Gasteiger partial charge in [-0.25, -0.2) is 9.48 Å². The molecule has 1 N–H and O–H groups in total. The number of carbonyl (C=O) groups is 2. The third-order valence-corrected chi connectivity index (χ3v) is 7.14. The first-order chi connectivity index (χ1) is 14.6. The SMILES string of the molecule is Cc1nn(-c2ccccc2)c2sc(C(=O)NC3CCC(N4CCOC4=O)CC3)cc12. The summed E-state index contributed by atoms with van der Waals surface area (Å²) in [6.45, 7) is 3.14. The largest absolute Gasteiger partial charge is 0.448 e. The van der Waals surface area contributed by atoms with Gasteiger partial charge in [0, 0.05) is 17.5 Å². The van der Waals surface area contributed by atoms with Crippen LogP contribution in [0.3, 0.4) is 0 Å². The summed E-state index contributed by atoms with van der Waals surface area (Å²) in [5.74, 6) is -0.0285. The Morgan fingerprint density at radius 3 is 2.67 bits per heavy atom. The van der Waals surface area contributed by atoms with Crippen molar-refractivity contribution in [1.82, 2.24) is 20.0 Å². The summed E-state index contributed by atoms with van der Waals surface area (Å²) in [7, 11) is 0. The van der Waals surface area contributed by atoms with Crippen LogP contribution in [0.4, 0.5) is 4.79 Å². The van der Waals surface area contributed by atoms with E-state index in [-0.39, 0.29) is 24.1 Å². The number of amides is 2. The topological polar surface area (TPSA) is 76.5 Å². The fraction of sp³-hybridized carbons (Fsp3) is 0.409. The van der Waals surface area contributed by atoms with Crippen molar-refractivity contribution in [3.63, 3.8) is 0 Å². The number of cyclic esters (lactones) is 1. The lowest BCUT2D eigenvalue weighted by molar-refractivity contribution is 0.0914. The van der Waals surface area contributed by atoms with Gasteiger partial charge in [0.2, 0.25) is 0 Å². The Hall–Kier alpha value is -2.87. The number of para-hydroxylation sites is 1. The van der Waals surface area contributed by atoms with Gasteiger partial charge >= 0.3 is 6.09 Å². The van der Waals surface area contributed by atoms with Gasteiger partial charge in [0.25, 0.3) is 5.91 Å². The first-order valence-corrected chi connectivity index (χ1v) is 11.2. The van der Waals surface area contributed by atoms with Crippen molar-refractivity contribution in [3.8, 4) is 5.69 Å². The van der Waals surface area contributed by atoms with Crippen molar-refractivity contribution < 1.29 is 14.3 Å². The van der Waals surface area contributed by atoms with Gasteiger partial charge in [-0.2, -0.15) is 5.10 Å². The molecule has 2 amide bonds. The van der Waals surface area contributed by atoms with Crippen LogP contribution in [-0.2, 0) is 4.74 Å². The summed E-state index contributed by atoms with van der Waals surface area (Å²) in [6.07, 6.45) is 3.35. The molecule has 0 radical (unpaired) electrons. The first-order valence-electron chi connectivity index (χ1n) is 10.4. The molecule has 5 rings (SSSR count). The molecule has 30 heavy (non-hydrogen) atoms. The number of fused-ring (bicyclic) bond motifs is 1. The maximum Gasteiger partial charge on any atom is 0.410 e. The van der Waals surface area contributed by atoms with E-state index >= 15 is 0 Å². The molecular formula is C22H24N4O3S. The Labute approximate surface area is 178 Å². The van der Waals surface area contributed by atoms with Crippen molar-refractivity contribution in [2.24, 2.45) is 0 Å². The Balaban J connectivity index is 1.27. The van der Waals surface area contributed by atoms with Crippen LogP contribution in [0.5, 0.6) is 0 Å². The smallest absolute Gasteiger partial charge is 0.410 e. The molecule has 0 spiro atoms. The highest BCUT2D eigenvalue weighted by Gasteiger charge is 2.33. The molecule has 0 bridgehead atoms. The van der Waals surface area contributed by atoms with E-state index in [0.29, 0.717) is 18.0 Å².